The molecule has 0 aliphatic carbocycles. The lowest BCUT2D eigenvalue weighted by Crippen LogP contribution is -2.20. The molecule has 0 atom stereocenters. The summed E-state index contributed by atoms with van der Waals surface area (Å²) in [6.45, 7) is 3.03. The fraction of sp³-hybridized carbons (Fsp3) is 0.0435. The summed E-state index contributed by atoms with van der Waals surface area (Å²) in [5, 5.41) is -0.0147. The normalized spacial score (nSPS) is 12.6. The fourth-order valence-electron chi connectivity index (χ4n) is 3.47. The van der Waals surface area contributed by atoms with Crippen LogP contribution in [0.15, 0.2) is 99.6 Å². The van der Waals surface area contributed by atoms with Crippen molar-refractivity contribution in [1.29, 1.82) is 0 Å². The van der Waals surface area contributed by atoms with E-state index in [9.17, 15) is 34.0 Å². The summed E-state index contributed by atoms with van der Waals surface area (Å²) in [6.07, 6.45) is 0. The molecule has 4 aromatic rings. The van der Waals surface area contributed by atoms with Crippen molar-refractivity contribution in [2.24, 2.45) is 0 Å². The maximum Gasteiger partial charge on any atom is 0.272 e. The van der Waals surface area contributed by atoms with Crippen LogP contribution in [0, 0.1) is 11.6 Å². The van der Waals surface area contributed by atoms with Gasteiger partial charge < -0.3 is 0 Å². The highest BCUT2D eigenvalue weighted by Gasteiger charge is 2.32. The van der Waals surface area contributed by atoms with Crippen molar-refractivity contribution in [2.75, 3.05) is 0 Å². The fourth-order valence-corrected chi connectivity index (χ4v) is 7.36. The van der Waals surface area contributed by atoms with Crippen molar-refractivity contribution in [3.05, 3.63) is 102 Å². The van der Waals surface area contributed by atoms with Gasteiger partial charge in [0.2, 0.25) is 19.9 Å². The van der Waals surface area contributed by atoms with E-state index >= 15 is 0 Å². The molecule has 4 rings (SSSR count). The van der Waals surface area contributed by atoms with Crippen molar-refractivity contribution in [1.82, 2.24) is 8.69 Å². The smallest absolute Gasteiger partial charge is 0.222 e. The maximum absolute atomic E-state index is 14.5. The first kappa shape index (κ1) is 25.7. The molecule has 8 nitrogen and oxygen atoms in total. The Morgan fingerprint density at radius 2 is 1.53 bits per heavy atom. The minimum atomic E-state index is -4.77. The van der Waals surface area contributed by atoms with Crippen LogP contribution in [0.2, 0.25) is 0 Å². The molecule has 13 heteroatoms. The molecule has 1 heterocycles. The van der Waals surface area contributed by atoms with E-state index in [1.54, 1.807) is 0 Å². The molecule has 0 saturated carbocycles. The second kappa shape index (κ2) is 9.24. The lowest BCUT2D eigenvalue weighted by atomic mass is 10.2. The van der Waals surface area contributed by atoms with Crippen LogP contribution < -0.4 is 4.72 Å². The monoisotopic (exact) mass is 552 g/mol. The topological polar surface area (TPSA) is 119 Å². The second-order valence-electron chi connectivity index (χ2n) is 7.57. The van der Waals surface area contributed by atoms with Gasteiger partial charge in [-0.05, 0) is 54.1 Å². The van der Waals surface area contributed by atoms with Gasteiger partial charge in [-0.1, -0.05) is 30.8 Å². The van der Waals surface area contributed by atoms with E-state index in [0.29, 0.717) is 9.54 Å². The summed E-state index contributed by atoms with van der Waals surface area (Å²) in [5.41, 5.74) is 0.259. The van der Waals surface area contributed by atoms with Gasteiger partial charge in [0.15, 0.2) is 5.03 Å². The molecule has 0 bridgehead atoms. The molecule has 0 amide bonds. The van der Waals surface area contributed by atoms with Gasteiger partial charge >= 0.3 is 0 Å². The molecule has 3 aromatic carbocycles. The summed E-state index contributed by atoms with van der Waals surface area (Å²) in [7, 11) is -13.0. The van der Waals surface area contributed by atoms with Gasteiger partial charge in [-0.2, -0.15) is 0 Å². The number of halogens is 2. The zero-order valence-electron chi connectivity index (χ0n) is 18.3. The van der Waals surface area contributed by atoms with E-state index < -0.39 is 51.4 Å². The van der Waals surface area contributed by atoms with Crippen LogP contribution in [0.5, 0.6) is 0 Å². The first-order chi connectivity index (χ1) is 16.9. The summed E-state index contributed by atoms with van der Waals surface area (Å²) < 4.78 is 108. The molecule has 0 spiro atoms. The molecule has 0 aliphatic heterocycles. The lowest BCUT2D eigenvalue weighted by Gasteiger charge is -2.13. The largest absolute Gasteiger partial charge is 0.272 e. The summed E-state index contributed by atoms with van der Waals surface area (Å²) in [4.78, 5) is -1.07. The molecule has 0 unspecified atom stereocenters. The molecule has 1 aromatic heterocycles. The standard InChI is InChI=1S/C23H18F2N2O6S3/c1-2-34(28,29)26-15-16-7-10-19(11-8-16)35(30,31)23-14-17-13-18(24)9-12-21(17)27(23)36(32,33)22-6-4-3-5-20(22)25/h2-14,26H,1,15H2. The molecule has 0 fully saturated rings. The van der Waals surface area contributed by atoms with Crippen LogP contribution in [0.25, 0.3) is 10.9 Å². The number of rotatable bonds is 8. The zero-order chi connectivity index (χ0) is 26.3. The molecule has 36 heavy (non-hydrogen) atoms. The third kappa shape index (κ3) is 4.69. The Labute approximate surface area is 206 Å². The highest BCUT2D eigenvalue weighted by Crippen LogP contribution is 2.33. The molecule has 0 aliphatic rings. The van der Waals surface area contributed by atoms with E-state index in [0.717, 1.165) is 41.8 Å². The van der Waals surface area contributed by atoms with Crippen molar-refractivity contribution in [3.63, 3.8) is 0 Å². The van der Waals surface area contributed by atoms with Crippen LogP contribution in [-0.4, -0.2) is 29.2 Å². The minimum absolute atomic E-state index is 0.0241. The molecule has 1 N–H and O–H groups in total. The number of benzene rings is 3. The zero-order valence-corrected chi connectivity index (χ0v) is 20.7. The van der Waals surface area contributed by atoms with E-state index in [4.69, 9.17) is 0 Å². The summed E-state index contributed by atoms with van der Waals surface area (Å²) >= 11 is 0. The van der Waals surface area contributed by atoms with Gasteiger partial charge in [-0.25, -0.2) is 42.7 Å². The van der Waals surface area contributed by atoms with Crippen molar-refractivity contribution >= 4 is 40.8 Å². The quantitative estimate of drug-likeness (QED) is 0.357. The molecule has 0 saturated heterocycles. The molecule has 0 radical (unpaired) electrons. The van der Waals surface area contributed by atoms with E-state index in [1.807, 2.05) is 0 Å². The summed E-state index contributed by atoms with van der Waals surface area (Å²) in [5.74, 6) is -1.81. The Balaban J connectivity index is 1.87. The van der Waals surface area contributed by atoms with Gasteiger partial charge in [-0.15, -0.1) is 0 Å². The predicted octanol–water partition coefficient (Wildman–Crippen LogP) is 3.55. The minimum Gasteiger partial charge on any atom is -0.222 e. The van der Waals surface area contributed by atoms with Crippen molar-refractivity contribution < 1.29 is 34.0 Å². The van der Waals surface area contributed by atoms with Gasteiger partial charge in [0.05, 0.1) is 10.4 Å². The Morgan fingerprint density at radius 3 is 2.17 bits per heavy atom. The number of sulfonamides is 1. The van der Waals surface area contributed by atoms with Crippen LogP contribution in [-0.2, 0) is 36.4 Å². The van der Waals surface area contributed by atoms with Gasteiger partial charge in [0.1, 0.15) is 16.5 Å². The predicted molar refractivity (Wildman–Crippen MR) is 129 cm³/mol. The molecule has 188 valence electrons. The molecular weight excluding hydrogens is 534 g/mol. The first-order valence-corrected chi connectivity index (χ1v) is 14.6. The van der Waals surface area contributed by atoms with Gasteiger partial charge in [0.25, 0.3) is 10.0 Å². The van der Waals surface area contributed by atoms with Crippen molar-refractivity contribution in [3.8, 4) is 0 Å². The number of nitrogens with one attached hydrogen (secondary N) is 1. The Morgan fingerprint density at radius 1 is 0.861 bits per heavy atom. The average molecular weight is 553 g/mol. The first-order valence-electron chi connectivity index (χ1n) is 10.1. The van der Waals surface area contributed by atoms with Gasteiger partial charge in [-0.3, -0.25) is 0 Å². The van der Waals surface area contributed by atoms with E-state index in [1.165, 1.54) is 36.4 Å². The molecular formula is C23H18F2N2O6S3. The SMILES string of the molecule is C=CS(=O)(=O)NCc1ccc(S(=O)(=O)c2cc3cc(F)ccc3n2S(=O)(=O)c2ccccc2F)cc1. The highest BCUT2D eigenvalue weighted by atomic mass is 32.2. The number of aromatic nitrogens is 1. The van der Waals surface area contributed by atoms with E-state index in [2.05, 4.69) is 11.3 Å². The van der Waals surface area contributed by atoms with Crippen LogP contribution in [0.1, 0.15) is 5.56 Å². The Hall–Kier alpha value is -3.39. The Bertz CT molecular complexity index is 1810. The van der Waals surface area contributed by atoms with Crippen LogP contribution in [0.4, 0.5) is 8.78 Å². The lowest BCUT2D eigenvalue weighted by molar-refractivity contribution is 0.555. The van der Waals surface area contributed by atoms with Gasteiger partial charge in [0, 0.05) is 17.3 Å². The van der Waals surface area contributed by atoms with E-state index in [-0.39, 0.29) is 22.3 Å². The summed E-state index contributed by atoms with van der Waals surface area (Å²) in [6, 6.07) is 13.5. The van der Waals surface area contributed by atoms with Crippen LogP contribution >= 0.6 is 0 Å². The third-order valence-electron chi connectivity index (χ3n) is 5.25. The Kier molecular flexibility index (Phi) is 6.60. The number of hydrogen-bond donors (Lipinski definition) is 1. The second-order valence-corrected chi connectivity index (χ2v) is 12.9. The number of sulfone groups is 1. The maximum atomic E-state index is 14.5. The van der Waals surface area contributed by atoms with Crippen LogP contribution in [0.3, 0.4) is 0 Å². The average Bonchev–Trinajstić information content (AvgIpc) is 3.23. The third-order valence-corrected chi connectivity index (χ3v) is 9.85. The number of nitrogens with zero attached hydrogens (tertiary/aromatic N) is 1. The highest BCUT2D eigenvalue weighted by molar-refractivity contribution is 7.94. The van der Waals surface area contributed by atoms with Crippen molar-refractivity contribution in [2.45, 2.75) is 21.4 Å². The number of hydrogen-bond acceptors (Lipinski definition) is 6. The number of fused-ring (bicyclic) bond motifs is 1.